The number of carbonyl (C=O) groups is 1. The van der Waals surface area contributed by atoms with Crippen molar-refractivity contribution in [2.24, 2.45) is 0 Å². The van der Waals surface area contributed by atoms with Gasteiger partial charge >= 0.3 is 6.01 Å². The molecule has 1 fully saturated rings. The maximum atomic E-state index is 12.6. The lowest BCUT2D eigenvalue weighted by atomic mass is 10.2. The molecule has 3 aromatic rings. The van der Waals surface area contributed by atoms with Crippen molar-refractivity contribution in [1.29, 1.82) is 0 Å². The van der Waals surface area contributed by atoms with E-state index in [0.29, 0.717) is 56.0 Å². The summed E-state index contributed by atoms with van der Waals surface area (Å²) in [6, 6.07) is 5.60. The second-order valence-corrected chi connectivity index (χ2v) is 5.66. The van der Waals surface area contributed by atoms with Gasteiger partial charge in [-0.2, -0.15) is 0 Å². The van der Waals surface area contributed by atoms with Crippen LogP contribution >= 0.6 is 0 Å². The molecule has 4 rings (SSSR count). The van der Waals surface area contributed by atoms with E-state index >= 15 is 0 Å². The topological polar surface area (TPSA) is 102 Å². The predicted molar refractivity (Wildman–Crippen MR) is 86.0 cm³/mol. The van der Waals surface area contributed by atoms with E-state index in [-0.39, 0.29) is 11.6 Å². The first kappa shape index (κ1) is 15.4. The molecule has 0 saturated carbocycles. The van der Waals surface area contributed by atoms with Crippen LogP contribution in [0.25, 0.3) is 11.5 Å². The number of aryl methyl sites for hydroxylation is 1. The number of hydrogen-bond donors (Lipinski definition) is 0. The fourth-order valence-electron chi connectivity index (χ4n) is 2.69. The van der Waals surface area contributed by atoms with E-state index in [4.69, 9.17) is 13.4 Å². The predicted octanol–water partition coefficient (Wildman–Crippen LogP) is 1.84. The first-order valence-corrected chi connectivity index (χ1v) is 8.12. The molecule has 130 valence electrons. The average molecular weight is 343 g/mol. The average Bonchev–Trinajstić information content (AvgIpc) is 3.42. The van der Waals surface area contributed by atoms with Crippen molar-refractivity contribution in [3.63, 3.8) is 0 Å². The molecule has 1 aliphatic rings. The summed E-state index contributed by atoms with van der Waals surface area (Å²) in [6.07, 6.45) is 2.25. The van der Waals surface area contributed by atoms with Gasteiger partial charge in [-0.15, -0.1) is 5.10 Å². The van der Waals surface area contributed by atoms with E-state index in [9.17, 15) is 4.79 Å². The zero-order valence-corrected chi connectivity index (χ0v) is 13.7. The molecule has 0 unspecified atom stereocenters. The van der Waals surface area contributed by atoms with Gasteiger partial charge in [0.1, 0.15) is 0 Å². The van der Waals surface area contributed by atoms with Gasteiger partial charge in [-0.1, -0.05) is 17.2 Å². The van der Waals surface area contributed by atoms with Gasteiger partial charge in [0.2, 0.25) is 11.7 Å². The molecule has 3 aromatic heterocycles. The van der Waals surface area contributed by atoms with Crippen molar-refractivity contribution >= 4 is 11.9 Å². The number of anilines is 1. The number of piperazine rings is 1. The van der Waals surface area contributed by atoms with Crippen LogP contribution in [0.4, 0.5) is 6.01 Å². The summed E-state index contributed by atoms with van der Waals surface area (Å²) in [6.45, 7) is 4.31. The molecule has 0 bridgehead atoms. The fourth-order valence-corrected chi connectivity index (χ4v) is 2.69. The Labute approximate surface area is 143 Å². The van der Waals surface area contributed by atoms with Crippen LogP contribution in [0.1, 0.15) is 23.3 Å². The van der Waals surface area contributed by atoms with Crippen molar-refractivity contribution in [1.82, 2.24) is 20.3 Å². The lowest BCUT2D eigenvalue weighted by molar-refractivity contribution is 0.0734. The lowest BCUT2D eigenvalue weighted by Gasteiger charge is -2.33. The summed E-state index contributed by atoms with van der Waals surface area (Å²) in [5, 5.41) is 11.9. The Morgan fingerprint density at radius 2 is 2.04 bits per heavy atom. The number of furan rings is 1. The Hall–Kier alpha value is -3.10. The summed E-state index contributed by atoms with van der Waals surface area (Å²) >= 11 is 0. The first-order valence-electron chi connectivity index (χ1n) is 8.12. The summed E-state index contributed by atoms with van der Waals surface area (Å²) in [5.74, 6) is 1.42. The second-order valence-electron chi connectivity index (χ2n) is 5.66. The van der Waals surface area contributed by atoms with E-state index in [0.717, 1.165) is 0 Å². The van der Waals surface area contributed by atoms with Crippen molar-refractivity contribution in [2.45, 2.75) is 13.3 Å². The molecule has 9 nitrogen and oxygen atoms in total. The second kappa shape index (κ2) is 6.42. The first-order chi connectivity index (χ1) is 12.2. The molecule has 4 heterocycles. The highest BCUT2D eigenvalue weighted by Gasteiger charge is 2.27. The third-order valence-electron chi connectivity index (χ3n) is 4.09. The Bertz CT molecular complexity index is 846. The van der Waals surface area contributed by atoms with Crippen molar-refractivity contribution < 1.29 is 18.2 Å². The highest BCUT2D eigenvalue weighted by atomic mass is 16.5. The largest absolute Gasteiger partial charge is 0.461 e. The van der Waals surface area contributed by atoms with Crippen molar-refractivity contribution in [2.75, 3.05) is 31.1 Å². The molecule has 1 aliphatic heterocycles. The molecule has 1 saturated heterocycles. The minimum atomic E-state index is -0.166. The van der Waals surface area contributed by atoms with E-state index in [1.165, 1.54) is 0 Å². The minimum Gasteiger partial charge on any atom is -0.461 e. The normalized spacial score (nSPS) is 14.9. The molecule has 9 heteroatoms. The van der Waals surface area contributed by atoms with Gasteiger partial charge in [0, 0.05) is 38.7 Å². The van der Waals surface area contributed by atoms with E-state index in [1.807, 2.05) is 11.8 Å². The Kier molecular flexibility index (Phi) is 3.96. The zero-order chi connectivity index (χ0) is 17.2. The van der Waals surface area contributed by atoms with Crippen molar-refractivity contribution in [3.8, 4) is 11.5 Å². The molecule has 0 radical (unpaired) electrons. The van der Waals surface area contributed by atoms with Gasteiger partial charge in [0.25, 0.3) is 5.91 Å². The maximum Gasteiger partial charge on any atom is 0.318 e. The van der Waals surface area contributed by atoms with Crippen molar-refractivity contribution in [3.05, 3.63) is 36.0 Å². The Morgan fingerprint density at radius 1 is 1.20 bits per heavy atom. The van der Waals surface area contributed by atoms with Gasteiger partial charge < -0.3 is 23.2 Å². The van der Waals surface area contributed by atoms with Gasteiger partial charge in [0.05, 0.1) is 6.26 Å². The summed E-state index contributed by atoms with van der Waals surface area (Å²) in [4.78, 5) is 16.3. The third-order valence-corrected chi connectivity index (χ3v) is 4.09. The number of rotatable bonds is 4. The zero-order valence-electron chi connectivity index (χ0n) is 13.7. The molecule has 1 amide bonds. The van der Waals surface area contributed by atoms with E-state index < -0.39 is 0 Å². The molecule has 25 heavy (non-hydrogen) atoms. The Balaban J connectivity index is 1.39. The SMILES string of the molecule is CCc1nnc(N2CCN(C(=O)c3cc(-c4ccco4)on3)CC2)o1. The Morgan fingerprint density at radius 3 is 2.72 bits per heavy atom. The highest BCUT2D eigenvalue weighted by Crippen LogP contribution is 2.22. The van der Waals surface area contributed by atoms with Crippen LogP contribution in [-0.2, 0) is 6.42 Å². The number of aromatic nitrogens is 3. The van der Waals surface area contributed by atoms with Crippen LogP contribution in [0.3, 0.4) is 0 Å². The van der Waals surface area contributed by atoms with E-state index in [2.05, 4.69) is 15.4 Å². The van der Waals surface area contributed by atoms with Crippen LogP contribution in [0.2, 0.25) is 0 Å². The minimum absolute atomic E-state index is 0.166. The fraction of sp³-hybridized carbons (Fsp3) is 0.375. The monoisotopic (exact) mass is 343 g/mol. The van der Waals surface area contributed by atoms with Gasteiger partial charge in [-0.05, 0) is 12.1 Å². The maximum absolute atomic E-state index is 12.6. The van der Waals surface area contributed by atoms with Gasteiger partial charge in [-0.25, -0.2) is 0 Å². The molecule has 0 spiro atoms. The molecule has 0 atom stereocenters. The molecule has 0 aliphatic carbocycles. The number of nitrogens with zero attached hydrogens (tertiary/aromatic N) is 5. The van der Waals surface area contributed by atoms with Gasteiger partial charge in [0.15, 0.2) is 11.5 Å². The van der Waals surface area contributed by atoms with Crippen LogP contribution < -0.4 is 4.90 Å². The van der Waals surface area contributed by atoms with Crippen LogP contribution in [0.5, 0.6) is 0 Å². The van der Waals surface area contributed by atoms with Gasteiger partial charge in [-0.3, -0.25) is 4.79 Å². The van der Waals surface area contributed by atoms with Crippen LogP contribution in [-0.4, -0.2) is 52.3 Å². The highest BCUT2D eigenvalue weighted by molar-refractivity contribution is 5.93. The third kappa shape index (κ3) is 3.00. The quantitative estimate of drug-likeness (QED) is 0.707. The molecule has 0 N–H and O–H groups in total. The summed E-state index contributed by atoms with van der Waals surface area (Å²) in [7, 11) is 0. The number of amides is 1. The van der Waals surface area contributed by atoms with Crippen LogP contribution in [0, 0.1) is 0 Å². The molecular formula is C16H17N5O4. The molecular weight excluding hydrogens is 326 g/mol. The summed E-state index contributed by atoms with van der Waals surface area (Å²) in [5.41, 5.74) is 0.269. The standard InChI is InChI=1S/C16H17N5O4/c1-2-14-17-18-16(24-14)21-7-5-20(6-8-21)15(22)11-10-13(25-19-11)12-4-3-9-23-12/h3-4,9-10H,2,5-8H2,1H3. The smallest absolute Gasteiger partial charge is 0.318 e. The molecule has 0 aromatic carbocycles. The lowest BCUT2D eigenvalue weighted by Crippen LogP contribution is -2.49. The summed E-state index contributed by atoms with van der Waals surface area (Å²) < 4.78 is 16.0. The number of carbonyl (C=O) groups excluding carboxylic acids is 1. The van der Waals surface area contributed by atoms with E-state index in [1.54, 1.807) is 29.4 Å². The van der Waals surface area contributed by atoms with Crippen LogP contribution in [0.15, 0.2) is 37.8 Å². The number of hydrogen-bond acceptors (Lipinski definition) is 8.